The van der Waals surface area contributed by atoms with Crippen LogP contribution < -0.4 is 10.2 Å². The molecule has 4 N–H and O–H groups in total. The molecule has 1 aromatic carbocycles. The van der Waals surface area contributed by atoms with Crippen molar-refractivity contribution in [2.45, 2.75) is 39.3 Å². The largest absolute Gasteiger partial charge is 0.374 e. The predicted octanol–water partition coefficient (Wildman–Crippen LogP) is 1.22. The van der Waals surface area contributed by atoms with Gasteiger partial charge in [0.15, 0.2) is 0 Å². The molecule has 0 spiro atoms. The van der Waals surface area contributed by atoms with Gasteiger partial charge in [-0.2, -0.15) is 0 Å². The van der Waals surface area contributed by atoms with Crippen LogP contribution in [0, 0.1) is 10.1 Å². The van der Waals surface area contributed by atoms with E-state index >= 15 is 0 Å². The second kappa shape index (κ2) is 6.70. The Morgan fingerprint density at radius 1 is 1.43 bits per heavy atom. The highest BCUT2D eigenvalue weighted by Gasteiger charge is 2.25. The third-order valence-corrected chi connectivity index (χ3v) is 3.13. The van der Waals surface area contributed by atoms with Crippen LogP contribution in [0.1, 0.15) is 27.2 Å². The molecule has 0 heterocycles. The molecule has 1 atom stereocenters. The minimum atomic E-state index is -2.22. The Morgan fingerprint density at radius 2 is 2.05 bits per heavy atom. The van der Waals surface area contributed by atoms with E-state index in [1.807, 2.05) is 6.92 Å². The van der Waals surface area contributed by atoms with Crippen LogP contribution in [0.2, 0.25) is 0 Å². The van der Waals surface area contributed by atoms with Crippen LogP contribution in [0.15, 0.2) is 18.2 Å². The lowest BCUT2D eigenvalue weighted by molar-refractivity contribution is -0.384. The fourth-order valence-corrected chi connectivity index (χ4v) is 1.92. The Labute approximate surface area is 122 Å². The second-order valence-corrected chi connectivity index (χ2v) is 4.67. The summed E-state index contributed by atoms with van der Waals surface area (Å²) in [5.41, 5.74) is 0.174. The molecule has 0 aliphatic carbocycles. The van der Waals surface area contributed by atoms with Crippen LogP contribution >= 0.6 is 0 Å². The number of aliphatic hydroxyl groups is 3. The summed E-state index contributed by atoms with van der Waals surface area (Å²) in [5, 5.41) is 42.3. The van der Waals surface area contributed by atoms with Gasteiger partial charge in [-0.15, -0.1) is 0 Å². The Kier molecular flexibility index (Phi) is 5.47. The van der Waals surface area contributed by atoms with Crippen molar-refractivity contribution in [3.8, 4) is 0 Å². The van der Waals surface area contributed by atoms with Crippen molar-refractivity contribution >= 4 is 17.1 Å². The average Bonchev–Trinajstić information content (AvgIpc) is 2.40. The van der Waals surface area contributed by atoms with Gasteiger partial charge in [-0.3, -0.25) is 10.1 Å². The molecule has 118 valence electrons. The minimum absolute atomic E-state index is 0.00255. The SMILES string of the molecule is CCN(c1ccc(NC(O)(O)CC)c([N+](=O)[O-])c1)C(C)O. The maximum atomic E-state index is 11.2. The third-order valence-electron chi connectivity index (χ3n) is 3.13. The molecule has 0 aliphatic rings. The van der Waals surface area contributed by atoms with Crippen LogP contribution in [-0.2, 0) is 0 Å². The number of nitrogens with zero attached hydrogens (tertiary/aromatic N) is 2. The zero-order valence-electron chi connectivity index (χ0n) is 12.3. The lowest BCUT2D eigenvalue weighted by Gasteiger charge is -2.27. The normalized spacial score (nSPS) is 12.9. The first-order valence-corrected chi connectivity index (χ1v) is 6.68. The molecule has 0 aliphatic heterocycles. The van der Waals surface area contributed by atoms with E-state index in [-0.39, 0.29) is 17.8 Å². The van der Waals surface area contributed by atoms with Crippen molar-refractivity contribution in [1.82, 2.24) is 0 Å². The number of hydrogen-bond acceptors (Lipinski definition) is 7. The van der Waals surface area contributed by atoms with Crippen molar-refractivity contribution in [2.24, 2.45) is 0 Å². The summed E-state index contributed by atoms with van der Waals surface area (Å²) >= 11 is 0. The van der Waals surface area contributed by atoms with Gasteiger partial charge in [0.25, 0.3) is 5.69 Å². The van der Waals surface area contributed by atoms with E-state index < -0.39 is 17.1 Å². The van der Waals surface area contributed by atoms with E-state index in [0.717, 1.165) is 0 Å². The Morgan fingerprint density at radius 3 is 2.48 bits per heavy atom. The minimum Gasteiger partial charge on any atom is -0.374 e. The second-order valence-electron chi connectivity index (χ2n) is 4.67. The smallest absolute Gasteiger partial charge is 0.294 e. The van der Waals surface area contributed by atoms with Crippen molar-refractivity contribution in [3.05, 3.63) is 28.3 Å². The van der Waals surface area contributed by atoms with Crippen molar-refractivity contribution in [1.29, 1.82) is 0 Å². The van der Waals surface area contributed by atoms with Gasteiger partial charge >= 0.3 is 0 Å². The summed E-state index contributed by atoms with van der Waals surface area (Å²) in [7, 11) is 0. The number of benzene rings is 1. The lowest BCUT2D eigenvalue weighted by Crippen LogP contribution is -2.37. The van der Waals surface area contributed by atoms with E-state index in [9.17, 15) is 25.4 Å². The van der Waals surface area contributed by atoms with E-state index in [1.54, 1.807) is 17.9 Å². The highest BCUT2D eigenvalue weighted by molar-refractivity contribution is 5.69. The van der Waals surface area contributed by atoms with Crippen LogP contribution in [0.3, 0.4) is 0 Å². The molecule has 8 nitrogen and oxygen atoms in total. The highest BCUT2D eigenvalue weighted by Crippen LogP contribution is 2.31. The van der Waals surface area contributed by atoms with Gasteiger partial charge in [0, 0.05) is 24.7 Å². The van der Waals surface area contributed by atoms with Crippen molar-refractivity contribution < 1.29 is 20.2 Å². The van der Waals surface area contributed by atoms with Gasteiger partial charge in [-0.05, 0) is 26.0 Å². The maximum absolute atomic E-state index is 11.2. The molecule has 0 amide bonds. The standard InChI is InChI=1S/C13H21N3O5/c1-4-13(18,19)14-11-7-6-10(8-12(11)16(20)21)15(5-2)9(3)17/h6-9,14,17-19H,4-5H2,1-3H3. The van der Waals surface area contributed by atoms with E-state index in [0.29, 0.717) is 12.2 Å². The Balaban J connectivity index is 3.22. The average molecular weight is 299 g/mol. The summed E-state index contributed by atoms with van der Waals surface area (Å²) < 4.78 is 0. The third kappa shape index (κ3) is 4.28. The number of nitrogens with one attached hydrogen (secondary N) is 1. The number of rotatable bonds is 7. The Bertz CT molecular complexity index is 505. The van der Waals surface area contributed by atoms with Gasteiger partial charge in [-0.1, -0.05) is 6.92 Å². The number of hydrogen-bond donors (Lipinski definition) is 4. The monoisotopic (exact) mass is 299 g/mol. The van der Waals surface area contributed by atoms with Gasteiger partial charge in [-0.25, -0.2) is 0 Å². The Hall–Kier alpha value is -1.90. The number of nitro benzene ring substituents is 1. The fraction of sp³-hybridized carbons (Fsp3) is 0.538. The number of nitro groups is 1. The summed E-state index contributed by atoms with van der Waals surface area (Å²) in [6.45, 7) is 5.37. The van der Waals surface area contributed by atoms with Crippen LogP contribution in [0.5, 0.6) is 0 Å². The summed E-state index contributed by atoms with van der Waals surface area (Å²) in [6, 6.07) is 4.23. The van der Waals surface area contributed by atoms with Crippen LogP contribution in [-0.4, -0.2) is 38.9 Å². The zero-order valence-corrected chi connectivity index (χ0v) is 12.3. The molecular weight excluding hydrogens is 278 g/mol. The molecule has 1 unspecified atom stereocenters. The fourth-order valence-electron chi connectivity index (χ4n) is 1.92. The molecule has 0 radical (unpaired) electrons. The van der Waals surface area contributed by atoms with Gasteiger partial charge in [0.2, 0.25) is 5.91 Å². The van der Waals surface area contributed by atoms with Gasteiger partial charge < -0.3 is 25.5 Å². The first-order valence-electron chi connectivity index (χ1n) is 6.68. The molecule has 1 aromatic rings. The molecule has 21 heavy (non-hydrogen) atoms. The van der Waals surface area contributed by atoms with Crippen molar-refractivity contribution in [3.63, 3.8) is 0 Å². The first-order chi connectivity index (χ1) is 9.71. The van der Waals surface area contributed by atoms with E-state index in [1.165, 1.54) is 19.1 Å². The molecule has 8 heteroatoms. The summed E-state index contributed by atoms with van der Waals surface area (Å²) in [6.07, 6.45) is -0.834. The summed E-state index contributed by atoms with van der Waals surface area (Å²) in [5.74, 6) is -2.22. The van der Waals surface area contributed by atoms with Crippen LogP contribution in [0.25, 0.3) is 0 Å². The number of anilines is 2. The first kappa shape index (κ1) is 17.2. The molecule has 0 fully saturated rings. The predicted molar refractivity (Wildman–Crippen MR) is 78.9 cm³/mol. The maximum Gasteiger partial charge on any atom is 0.294 e. The molecule has 0 saturated carbocycles. The molecule has 0 aromatic heterocycles. The molecule has 1 rings (SSSR count). The lowest BCUT2D eigenvalue weighted by atomic mass is 10.2. The van der Waals surface area contributed by atoms with E-state index in [2.05, 4.69) is 5.32 Å². The quantitative estimate of drug-likeness (QED) is 0.339. The summed E-state index contributed by atoms with van der Waals surface area (Å²) in [4.78, 5) is 12.1. The zero-order chi connectivity index (χ0) is 16.2. The van der Waals surface area contributed by atoms with E-state index in [4.69, 9.17) is 0 Å². The van der Waals surface area contributed by atoms with Gasteiger partial charge in [0.05, 0.1) is 4.92 Å². The molecular formula is C13H21N3O5. The van der Waals surface area contributed by atoms with Crippen molar-refractivity contribution in [2.75, 3.05) is 16.8 Å². The topological polar surface area (TPSA) is 119 Å². The highest BCUT2D eigenvalue weighted by atomic mass is 16.6. The molecule has 0 bridgehead atoms. The van der Waals surface area contributed by atoms with Crippen LogP contribution in [0.4, 0.5) is 17.1 Å². The molecule has 0 saturated heterocycles. The number of aliphatic hydroxyl groups excluding tert-OH is 1. The van der Waals surface area contributed by atoms with Gasteiger partial charge in [0.1, 0.15) is 11.9 Å².